The summed E-state index contributed by atoms with van der Waals surface area (Å²) in [5, 5.41) is 0. The van der Waals surface area contributed by atoms with Crippen molar-refractivity contribution >= 4 is 20.7 Å². The van der Waals surface area contributed by atoms with Gasteiger partial charge in [0.15, 0.2) is 0 Å². The summed E-state index contributed by atoms with van der Waals surface area (Å²) in [7, 11) is -2.90. The van der Waals surface area contributed by atoms with Gasteiger partial charge >= 0.3 is 20.7 Å². The molecule has 0 amide bonds. The van der Waals surface area contributed by atoms with Crippen molar-refractivity contribution in [2.75, 3.05) is 0 Å². The third-order valence-electron chi connectivity index (χ3n) is 2.80. The number of nitrogens with zero attached hydrogens (tertiary/aromatic N) is 2. The second kappa shape index (κ2) is 6.67. The molecular weight excluding hydrogens is 260 g/mol. The van der Waals surface area contributed by atoms with Crippen LogP contribution in [0.25, 0.3) is 5.53 Å². The van der Waals surface area contributed by atoms with Crippen molar-refractivity contribution in [1.29, 1.82) is 0 Å². The van der Waals surface area contributed by atoms with E-state index < -0.39 is 20.1 Å². The summed E-state index contributed by atoms with van der Waals surface area (Å²) < 4.78 is 11.5. The fourth-order valence-electron chi connectivity index (χ4n) is 1.82. The summed E-state index contributed by atoms with van der Waals surface area (Å²) in [6, 6.07) is 0. The van der Waals surface area contributed by atoms with E-state index in [1.165, 1.54) is 0 Å². The zero-order chi connectivity index (χ0) is 15.3. The SMILES string of the molecule is C#CC(C)(C)O[Si](OC(=O)C=[N+]=[N-])(C(C)C)C(C)C. The van der Waals surface area contributed by atoms with Crippen molar-refractivity contribution in [2.24, 2.45) is 0 Å². The molecule has 0 atom stereocenters. The van der Waals surface area contributed by atoms with E-state index in [4.69, 9.17) is 20.8 Å². The molecule has 0 bridgehead atoms. The highest BCUT2D eigenvalue weighted by molar-refractivity contribution is 6.72. The standard InChI is InChI=1S/C13H22N2O3Si/c1-8-13(6,7)18-19(10(2)3,11(4)5)17-12(16)9-15-14/h1,9-11H,2-7H3. The number of carbonyl (C=O) groups excluding carboxylic acids is 1. The first kappa shape index (κ1) is 17.6. The summed E-state index contributed by atoms with van der Waals surface area (Å²) in [4.78, 5) is 14.3. The fraction of sp³-hybridized carbons (Fsp3) is 0.692. The smallest absolute Gasteiger partial charge is 0.408 e. The molecular formula is C13H22N2O3Si. The minimum Gasteiger partial charge on any atom is -0.485 e. The topological polar surface area (TPSA) is 71.9 Å². The molecule has 0 radical (unpaired) electrons. The molecule has 0 aliphatic carbocycles. The van der Waals surface area contributed by atoms with Gasteiger partial charge in [0.25, 0.3) is 0 Å². The predicted octanol–water partition coefficient (Wildman–Crippen LogP) is 2.52. The molecule has 0 saturated carbocycles. The molecule has 0 fully saturated rings. The summed E-state index contributed by atoms with van der Waals surface area (Å²) in [5.41, 5.74) is 7.60. The first-order chi connectivity index (χ1) is 8.61. The van der Waals surface area contributed by atoms with Crippen LogP contribution >= 0.6 is 0 Å². The van der Waals surface area contributed by atoms with E-state index in [0.717, 1.165) is 6.21 Å². The van der Waals surface area contributed by atoms with Gasteiger partial charge in [-0.05, 0) is 13.8 Å². The first-order valence-corrected chi connectivity index (χ1v) is 8.16. The van der Waals surface area contributed by atoms with Gasteiger partial charge in [-0.3, -0.25) is 0 Å². The Morgan fingerprint density at radius 2 is 1.84 bits per heavy atom. The maximum Gasteiger partial charge on any atom is 0.408 e. The molecule has 0 aromatic rings. The van der Waals surface area contributed by atoms with Crippen LogP contribution in [-0.4, -0.2) is 31.1 Å². The minimum atomic E-state index is -2.90. The number of carbonyl (C=O) groups is 1. The Hall–Kier alpha value is -1.41. The van der Waals surface area contributed by atoms with Crippen LogP contribution in [0.1, 0.15) is 41.5 Å². The number of terminal acetylenes is 1. The highest BCUT2D eigenvalue weighted by Crippen LogP contribution is 2.37. The Bertz CT molecular complexity index is 410. The molecule has 0 aromatic carbocycles. The molecule has 0 aliphatic heterocycles. The van der Waals surface area contributed by atoms with Gasteiger partial charge in [0.05, 0.1) is 0 Å². The molecule has 5 nitrogen and oxygen atoms in total. The molecule has 0 spiro atoms. The maximum absolute atomic E-state index is 11.6. The summed E-state index contributed by atoms with van der Waals surface area (Å²) >= 11 is 0. The summed E-state index contributed by atoms with van der Waals surface area (Å²) in [6.45, 7) is 11.2. The predicted molar refractivity (Wildman–Crippen MR) is 75.7 cm³/mol. The van der Waals surface area contributed by atoms with Crippen LogP contribution in [0.2, 0.25) is 11.1 Å². The molecule has 0 heterocycles. The van der Waals surface area contributed by atoms with Gasteiger partial charge in [-0.25, -0.2) is 4.79 Å². The van der Waals surface area contributed by atoms with Gasteiger partial charge in [-0.2, -0.15) is 4.79 Å². The second-order valence-corrected chi connectivity index (χ2v) is 9.61. The third-order valence-corrected chi connectivity index (χ3v) is 7.36. The highest BCUT2D eigenvalue weighted by atomic mass is 28.4. The van der Waals surface area contributed by atoms with Gasteiger partial charge in [0, 0.05) is 11.1 Å². The number of hydrogen-bond acceptors (Lipinski definition) is 3. The summed E-state index contributed by atoms with van der Waals surface area (Å²) in [6.07, 6.45) is 6.16. The molecule has 0 unspecified atom stereocenters. The second-order valence-electron chi connectivity index (χ2n) is 5.45. The quantitative estimate of drug-likeness (QED) is 0.247. The normalized spacial score (nSPS) is 11.9. The minimum absolute atomic E-state index is 0.0103. The Balaban J connectivity index is 5.52. The van der Waals surface area contributed by atoms with Crippen LogP contribution in [-0.2, 0) is 13.6 Å². The lowest BCUT2D eigenvalue weighted by Crippen LogP contribution is -2.54. The Morgan fingerprint density at radius 1 is 1.37 bits per heavy atom. The van der Waals surface area contributed by atoms with Crippen molar-refractivity contribution in [3.05, 3.63) is 5.53 Å². The summed E-state index contributed by atoms with van der Waals surface area (Å²) in [5.74, 6) is 1.83. The fourth-order valence-corrected chi connectivity index (χ4v) is 5.36. The zero-order valence-corrected chi connectivity index (χ0v) is 13.4. The molecule has 0 saturated heterocycles. The first-order valence-electron chi connectivity index (χ1n) is 6.19. The van der Waals surface area contributed by atoms with E-state index in [1.54, 1.807) is 13.8 Å². The highest BCUT2D eigenvalue weighted by Gasteiger charge is 2.51. The van der Waals surface area contributed by atoms with E-state index in [9.17, 15) is 4.79 Å². The third kappa shape index (κ3) is 4.64. The number of hydrogen-bond donors (Lipinski definition) is 0. The van der Waals surface area contributed by atoms with Crippen molar-refractivity contribution in [1.82, 2.24) is 0 Å². The van der Waals surface area contributed by atoms with E-state index >= 15 is 0 Å². The maximum atomic E-state index is 11.6. The van der Waals surface area contributed by atoms with E-state index in [-0.39, 0.29) is 11.1 Å². The monoisotopic (exact) mass is 282 g/mol. The van der Waals surface area contributed by atoms with Gasteiger partial charge in [-0.15, -0.1) is 6.42 Å². The zero-order valence-electron chi connectivity index (χ0n) is 12.4. The van der Waals surface area contributed by atoms with Gasteiger partial charge in [0.2, 0.25) is 0 Å². The number of rotatable bonds is 6. The Morgan fingerprint density at radius 3 is 2.16 bits per heavy atom. The van der Waals surface area contributed by atoms with Crippen LogP contribution < -0.4 is 0 Å². The van der Waals surface area contributed by atoms with Crippen LogP contribution in [0.3, 0.4) is 0 Å². The molecule has 6 heteroatoms. The van der Waals surface area contributed by atoms with Gasteiger partial charge in [-0.1, -0.05) is 33.6 Å². The lowest BCUT2D eigenvalue weighted by atomic mass is 10.2. The molecule has 106 valence electrons. The molecule has 0 aromatic heterocycles. The van der Waals surface area contributed by atoms with Crippen LogP contribution in [0.4, 0.5) is 0 Å². The molecule has 0 aliphatic rings. The van der Waals surface area contributed by atoms with Crippen molar-refractivity contribution in [3.63, 3.8) is 0 Å². The molecule has 0 rings (SSSR count). The lowest BCUT2D eigenvalue weighted by molar-refractivity contribution is -0.133. The van der Waals surface area contributed by atoms with Crippen LogP contribution in [0.5, 0.6) is 0 Å². The van der Waals surface area contributed by atoms with Crippen molar-refractivity contribution in [2.45, 2.75) is 58.2 Å². The Labute approximate surface area is 116 Å². The van der Waals surface area contributed by atoms with Crippen LogP contribution in [0.15, 0.2) is 0 Å². The van der Waals surface area contributed by atoms with Crippen molar-refractivity contribution < 1.29 is 18.4 Å². The largest absolute Gasteiger partial charge is 0.485 e. The van der Waals surface area contributed by atoms with Gasteiger partial charge in [0.1, 0.15) is 5.60 Å². The van der Waals surface area contributed by atoms with Crippen molar-refractivity contribution in [3.8, 4) is 12.3 Å². The Kier molecular flexibility index (Phi) is 6.17. The lowest BCUT2D eigenvalue weighted by Gasteiger charge is -2.40. The average Bonchev–Trinajstić information content (AvgIpc) is 2.27. The molecule has 19 heavy (non-hydrogen) atoms. The average molecular weight is 282 g/mol. The van der Waals surface area contributed by atoms with E-state index in [1.807, 2.05) is 27.7 Å². The molecule has 0 N–H and O–H groups in total. The van der Waals surface area contributed by atoms with E-state index in [0.29, 0.717) is 0 Å². The van der Waals surface area contributed by atoms with E-state index in [2.05, 4.69) is 10.7 Å². The van der Waals surface area contributed by atoms with Gasteiger partial charge < -0.3 is 14.4 Å². The van der Waals surface area contributed by atoms with Crippen LogP contribution in [0, 0.1) is 12.3 Å².